The first kappa shape index (κ1) is 17.4. The number of fused-ring (bicyclic) bond motifs is 2. The van der Waals surface area contributed by atoms with Gasteiger partial charge in [0.05, 0.1) is 16.7 Å². The van der Waals surface area contributed by atoms with Crippen molar-refractivity contribution in [2.24, 2.45) is 0 Å². The zero-order valence-electron chi connectivity index (χ0n) is 16.4. The number of hydrogen-bond acceptors (Lipinski definition) is 4. The van der Waals surface area contributed by atoms with E-state index in [4.69, 9.17) is 4.98 Å². The molecule has 0 saturated carbocycles. The fourth-order valence-electron chi connectivity index (χ4n) is 3.76. The Bertz CT molecular complexity index is 1320. The number of rotatable bonds is 4. The molecule has 1 N–H and O–H groups in total. The average molecular weight is 379 g/mol. The number of imidazole rings is 1. The Kier molecular flexibility index (Phi) is 4.21. The van der Waals surface area contributed by atoms with Crippen molar-refractivity contribution in [1.29, 1.82) is 0 Å². The lowest BCUT2D eigenvalue weighted by molar-refractivity contribution is 0.786. The van der Waals surface area contributed by atoms with Crippen LogP contribution in [0.3, 0.4) is 0 Å². The third-order valence-corrected chi connectivity index (χ3v) is 5.26. The van der Waals surface area contributed by atoms with Crippen molar-refractivity contribution in [2.75, 3.05) is 5.32 Å². The van der Waals surface area contributed by atoms with Crippen molar-refractivity contribution >= 4 is 33.3 Å². The van der Waals surface area contributed by atoms with Crippen LogP contribution in [0.5, 0.6) is 0 Å². The fourth-order valence-corrected chi connectivity index (χ4v) is 3.76. The van der Waals surface area contributed by atoms with E-state index in [1.54, 1.807) is 0 Å². The monoisotopic (exact) mass is 379 g/mol. The molecule has 2 aromatic heterocycles. The summed E-state index contributed by atoms with van der Waals surface area (Å²) < 4.78 is 2.25. The Balaban J connectivity index is 1.51. The molecule has 0 aliphatic heterocycles. The minimum Gasteiger partial charge on any atom is -0.338 e. The van der Waals surface area contributed by atoms with E-state index >= 15 is 0 Å². The molecule has 5 heteroatoms. The molecule has 0 bridgehead atoms. The van der Waals surface area contributed by atoms with Crippen molar-refractivity contribution < 1.29 is 0 Å². The van der Waals surface area contributed by atoms with Gasteiger partial charge in [0.25, 0.3) is 0 Å². The van der Waals surface area contributed by atoms with Gasteiger partial charge in [-0.3, -0.25) is 0 Å². The van der Waals surface area contributed by atoms with E-state index in [1.165, 1.54) is 5.56 Å². The standard InChI is InChI=1S/C24H21N5/c1-16-20-10-6-7-11-21(20)24(28-27-16)26-19-12-13-23-22(14-19)25-17(2)29(23)15-18-8-4-3-5-9-18/h3-14H,15H2,1-2H3,(H,26,28). The maximum absolute atomic E-state index is 4.77. The summed E-state index contributed by atoms with van der Waals surface area (Å²) in [5, 5.41) is 14.3. The third kappa shape index (κ3) is 3.21. The van der Waals surface area contributed by atoms with Gasteiger partial charge in [-0.05, 0) is 37.6 Å². The van der Waals surface area contributed by atoms with E-state index in [1.807, 2.05) is 25.1 Å². The van der Waals surface area contributed by atoms with Gasteiger partial charge in [-0.25, -0.2) is 4.98 Å². The average Bonchev–Trinajstić information content (AvgIpc) is 3.05. The van der Waals surface area contributed by atoms with Crippen LogP contribution in [0.4, 0.5) is 11.5 Å². The van der Waals surface area contributed by atoms with E-state index in [-0.39, 0.29) is 0 Å². The van der Waals surface area contributed by atoms with E-state index in [0.29, 0.717) is 0 Å². The van der Waals surface area contributed by atoms with Crippen LogP contribution in [0.25, 0.3) is 21.8 Å². The second kappa shape index (κ2) is 7.02. The summed E-state index contributed by atoms with van der Waals surface area (Å²) in [6.07, 6.45) is 0. The van der Waals surface area contributed by atoms with Crippen LogP contribution >= 0.6 is 0 Å². The number of benzene rings is 3. The highest BCUT2D eigenvalue weighted by molar-refractivity contribution is 5.94. The number of nitrogens with zero attached hydrogens (tertiary/aromatic N) is 4. The molecule has 5 nitrogen and oxygen atoms in total. The van der Waals surface area contributed by atoms with Gasteiger partial charge in [-0.2, -0.15) is 5.10 Å². The summed E-state index contributed by atoms with van der Waals surface area (Å²) >= 11 is 0. The second-order valence-electron chi connectivity index (χ2n) is 7.24. The molecule has 0 atom stereocenters. The normalized spacial score (nSPS) is 11.2. The summed E-state index contributed by atoms with van der Waals surface area (Å²) in [4.78, 5) is 4.77. The van der Waals surface area contributed by atoms with Crippen LogP contribution in [0.15, 0.2) is 72.8 Å². The Hall–Kier alpha value is -3.73. The van der Waals surface area contributed by atoms with Crippen LogP contribution < -0.4 is 5.32 Å². The maximum atomic E-state index is 4.77. The molecule has 0 fully saturated rings. The minimum atomic E-state index is 0.756. The smallest absolute Gasteiger partial charge is 0.160 e. The van der Waals surface area contributed by atoms with Gasteiger partial charge in [-0.1, -0.05) is 54.6 Å². The summed E-state index contributed by atoms with van der Waals surface area (Å²) in [5.41, 5.74) is 5.23. The molecule has 142 valence electrons. The Labute approximate surface area is 169 Å². The number of aromatic nitrogens is 4. The Morgan fingerprint density at radius 1 is 0.828 bits per heavy atom. The SMILES string of the molecule is Cc1nnc(Nc2ccc3c(c2)nc(C)n3Cc2ccccc2)c2ccccc12. The molecule has 3 aromatic carbocycles. The number of aryl methyl sites for hydroxylation is 2. The van der Waals surface area contributed by atoms with Crippen molar-refractivity contribution in [3.05, 3.63) is 89.9 Å². The molecule has 5 aromatic rings. The van der Waals surface area contributed by atoms with Crippen LogP contribution in [-0.4, -0.2) is 19.7 Å². The topological polar surface area (TPSA) is 55.6 Å². The number of nitrogens with one attached hydrogen (secondary N) is 1. The first-order valence-electron chi connectivity index (χ1n) is 9.69. The highest BCUT2D eigenvalue weighted by atomic mass is 15.2. The molecule has 0 aliphatic rings. The van der Waals surface area contributed by atoms with Gasteiger partial charge < -0.3 is 9.88 Å². The van der Waals surface area contributed by atoms with Gasteiger partial charge in [-0.15, -0.1) is 5.10 Å². The molecule has 0 saturated heterocycles. The second-order valence-corrected chi connectivity index (χ2v) is 7.24. The fraction of sp³-hybridized carbons (Fsp3) is 0.125. The highest BCUT2D eigenvalue weighted by Gasteiger charge is 2.11. The minimum absolute atomic E-state index is 0.756. The Morgan fingerprint density at radius 2 is 1.59 bits per heavy atom. The molecule has 0 radical (unpaired) electrons. The van der Waals surface area contributed by atoms with E-state index in [0.717, 1.165) is 51.4 Å². The lowest BCUT2D eigenvalue weighted by Crippen LogP contribution is -2.02. The van der Waals surface area contributed by atoms with Gasteiger partial charge in [0.1, 0.15) is 5.82 Å². The summed E-state index contributed by atoms with van der Waals surface area (Å²) in [6.45, 7) is 4.84. The zero-order chi connectivity index (χ0) is 19.8. The van der Waals surface area contributed by atoms with Gasteiger partial charge >= 0.3 is 0 Å². The van der Waals surface area contributed by atoms with E-state index in [9.17, 15) is 0 Å². The molecule has 0 unspecified atom stereocenters. The van der Waals surface area contributed by atoms with Crippen molar-refractivity contribution in [2.45, 2.75) is 20.4 Å². The van der Waals surface area contributed by atoms with Crippen molar-refractivity contribution in [3.8, 4) is 0 Å². The molecule has 0 spiro atoms. The summed E-state index contributed by atoms with van der Waals surface area (Å²) in [5.74, 6) is 1.76. The van der Waals surface area contributed by atoms with Crippen LogP contribution in [-0.2, 0) is 6.54 Å². The predicted molar refractivity (Wildman–Crippen MR) is 118 cm³/mol. The third-order valence-electron chi connectivity index (χ3n) is 5.26. The van der Waals surface area contributed by atoms with Gasteiger partial charge in [0.2, 0.25) is 0 Å². The lowest BCUT2D eigenvalue weighted by atomic mass is 10.1. The summed E-state index contributed by atoms with van der Waals surface area (Å²) in [6, 6.07) is 24.9. The van der Waals surface area contributed by atoms with E-state index < -0.39 is 0 Å². The molecular formula is C24H21N5. The number of hydrogen-bond donors (Lipinski definition) is 1. The molecule has 2 heterocycles. The van der Waals surface area contributed by atoms with E-state index in [2.05, 4.69) is 81.6 Å². The molecule has 0 aliphatic carbocycles. The van der Waals surface area contributed by atoms with Gasteiger partial charge in [0.15, 0.2) is 5.82 Å². The van der Waals surface area contributed by atoms with Crippen molar-refractivity contribution in [3.63, 3.8) is 0 Å². The maximum Gasteiger partial charge on any atom is 0.160 e. The quantitative estimate of drug-likeness (QED) is 0.455. The first-order valence-corrected chi connectivity index (χ1v) is 9.69. The summed E-state index contributed by atoms with van der Waals surface area (Å²) in [7, 11) is 0. The largest absolute Gasteiger partial charge is 0.338 e. The molecule has 29 heavy (non-hydrogen) atoms. The Morgan fingerprint density at radius 3 is 2.41 bits per heavy atom. The van der Waals surface area contributed by atoms with Crippen molar-refractivity contribution in [1.82, 2.24) is 19.7 Å². The van der Waals surface area contributed by atoms with Crippen LogP contribution in [0.2, 0.25) is 0 Å². The molecule has 0 amide bonds. The first-order chi connectivity index (χ1) is 14.2. The van der Waals surface area contributed by atoms with Crippen LogP contribution in [0, 0.1) is 13.8 Å². The van der Waals surface area contributed by atoms with Crippen LogP contribution in [0.1, 0.15) is 17.1 Å². The molecule has 5 rings (SSSR count). The number of anilines is 2. The zero-order valence-corrected chi connectivity index (χ0v) is 16.4. The predicted octanol–water partition coefficient (Wildman–Crippen LogP) is 5.39. The molecular weight excluding hydrogens is 358 g/mol. The van der Waals surface area contributed by atoms with Gasteiger partial charge in [0, 0.05) is 23.0 Å². The lowest BCUT2D eigenvalue weighted by Gasteiger charge is -2.10. The highest BCUT2D eigenvalue weighted by Crippen LogP contribution is 2.27.